The Hall–Kier alpha value is -2.10. The van der Waals surface area contributed by atoms with Gasteiger partial charge in [0.25, 0.3) is 5.91 Å². The van der Waals surface area contributed by atoms with Gasteiger partial charge in [-0.2, -0.15) is 13.2 Å². The lowest BCUT2D eigenvalue weighted by Crippen LogP contribution is -2.44. The predicted octanol–water partition coefficient (Wildman–Crippen LogP) is 2.42. The summed E-state index contributed by atoms with van der Waals surface area (Å²) in [5.74, 6) is -1.16. The molecule has 0 fully saturated rings. The zero-order chi connectivity index (χ0) is 18.6. The SMILES string of the molecule is CC1CCc2sc(C(=O)OCC(=O)NC(=O)NCC(F)(F)F)cc2C1. The van der Waals surface area contributed by atoms with Gasteiger partial charge in [0.05, 0.1) is 0 Å². The van der Waals surface area contributed by atoms with Gasteiger partial charge in [-0.05, 0) is 36.8 Å². The van der Waals surface area contributed by atoms with E-state index >= 15 is 0 Å². The molecule has 6 nitrogen and oxygen atoms in total. The van der Waals surface area contributed by atoms with Crippen molar-refractivity contribution in [2.24, 2.45) is 5.92 Å². The second kappa shape index (κ2) is 7.85. The zero-order valence-corrected chi connectivity index (χ0v) is 14.2. The molecule has 1 heterocycles. The standard InChI is InChI=1S/C15H17F3N2O4S/c1-8-2-3-10-9(4-8)5-11(25-10)13(22)24-6-12(21)20-14(23)19-7-15(16,17)18/h5,8H,2-4,6-7H2,1H3,(H2,19,20,21,23). The third-order valence-electron chi connectivity index (χ3n) is 3.57. The molecule has 1 aromatic rings. The number of carbonyl (C=O) groups is 3. The van der Waals surface area contributed by atoms with E-state index in [2.05, 4.69) is 6.92 Å². The van der Waals surface area contributed by atoms with Gasteiger partial charge in [-0.1, -0.05) is 6.92 Å². The summed E-state index contributed by atoms with van der Waals surface area (Å²) in [6, 6.07) is 0.435. The highest BCUT2D eigenvalue weighted by Crippen LogP contribution is 2.32. The van der Waals surface area contributed by atoms with Crippen molar-refractivity contribution in [1.82, 2.24) is 10.6 Å². The molecule has 1 aliphatic carbocycles. The van der Waals surface area contributed by atoms with Crippen molar-refractivity contribution in [2.45, 2.75) is 32.4 Å². The second-order valence-electron chi connectivity index (χ2n) is 5.83. The van der Waals surface area contributed by atoms with E-state index < -0.39 is 37.2 Å². The van der Waals surface area contributed by atoms with Gasteiger partial charge in [0.15, 0.2) is 6.61 Å². The highest BCUT2D eigenvalue weighted by molar-refractivity contribution is 7.14. The fraction of sp³-hybridized carbons (Fsp3) is 0.533. The number of nitrogens with one attached hydrogen (secondary N) is 2. The van der Waals surface area contributed by atoms with Gasteiger partial charge in [0.2, 0.25) is 0 Å². The lowest BCUT2D eigenvalue weighted by Gasteiger charge is -2.16. The van der Waals surface area contributed by atoms with Crippen LogP contribution in [0.2, 0.25) is 0 Å². The van der Waals surface area contributed by atoms with Crippen LogP contribution < -0.4 is 10.6 Å². The van der Waals surface area contributed by atoms with Crippen LogP contribution in [0.5, 0.6) is 0 Å². The summed E-state index contributed by atoms with van der Waals surface area (Å²) >= 11 is 1.31. The van der Waals surface area contributed by atoms with Crippen LogP contribution in [0.25, 0.3) is 0 Å². The van der Waals surface area contributed by atoms with Gasteiger partial charge in [0.1, 0.15) is 11.4 Å². The summed E-state index contributed by atoms with van der Waals surface area (Å²) in [5.41, 5.74) is 1.10. The van der Waals surface area contributed by atoms with Crippen LogP contribution in [0.1, 0.15) is 33.5 Å². The molecule has 1 unspecified atom stereocenters. The first kappa shape index (κ1) is 19.2. The quantitative estimate of drug-likeness (QED) is 0.788. The number of thiophene rings is 1. The summed E-state index contributed by atoms with van der Waals surface area (Å²) in [5, 5.41) is 3.13. The fourth-order valence-corrected chi connectivity index (χ4v) is 3.50. The zero-order valence-electron chi connectivity index (χ0n) is 13.4. The largest absolute Gasteiger partial charge is 0.451 e. The maximum absolute atomic E-state index is 12.0. The van der Waals surface area contributed by atoms with E-state index in [1.54, 1.807) is 11.4 Å². The normalized spacial score (nSPS) is 16.7. The van der Waals surface area contributed by atoms with E-state index in [0.29, 0.717) is 10.8 Å². The van der Waals surface area contributed by atoms with E-state index in [-0.39, 0.29) is 0 Å². The summed E-state index contributed by atoms with van der Waals surface area (Å²) < 4.78 is 40.6. The van der Waals surface area contributed by atoms with Crippen LogP contribution in [0.15, 0.2) is 6.07 Å². The minimum Gasteiger partial charge on any atom is -0.451 e. The number of alkyl halides is 3. The van der Waals surface area contributed by atoms with Gasteiger partial charge < -0.3 is 10.1 Å². The Morgan fingerprint density at radius 2 is 2.08 bits per heavy atom. The number of hydrogen-bond acceptors (Lipinski definition) is 5. The molecule has 0 aliphatic heterocycles. The maximum Gasteiger partial charge on any atom is 0.405 e. The average molecular weight is 378 g/mol. The summed E-state index contributed by atoms with van der Waals surface area (Å²) in [4.78, 5) is 36.0. The van der Waals surface area contributed by atoms with Crippen LogP contribution in [0.4, 0.5) is 18.0 Å². The first-order chi connectivity index (χ1) is 11.6. The van der Waals surface area contributed by atoms with Gasteiger partial charge in [-0.25, -0.2) is 9.59 Å². The lowest BCUT2D eigenvalue weighted by molar-refractivity contribution is -0.125. The molecule has 1 atom stereocenters. The molecular weight excluding hydrogens is 361 g/mol. The van der Waals surface area contributed by atoms with Crippen molar-refractivity contribution in [3.63, 3.8) is 0 Å². The third-order valence-corrected chi connectivity index (χ3v) is 4.78. The van der Waals surface area contributed by atoms with Crippen molar-refractivity contribution in [3.05, 3.63) is 21.4 Å². The molecule has 2 N–H and O–H groups in total. The molecular formula is C15H17F3N2O4S. The molecule has 0 aromatic carbocycles. The minimum absolute atomic E-state index is 0.369. The fourth-order valence-electron chi connectivity index (χ4n) is 2.40. The average Bonchev–Trinajstić information content (AvgIpc) is 2.93. The van der Waals surface area contributed by atoms with Crippen molar-refractivity contribution in [3.8, 4) is 0 Å². The highest BCUT2D eigenvalue weighted by Gasteiger charge is 2.28. The van der Waals surface area contributed by atoms with E-state index in [1.807, 2.05) is 0 Å². The number of carbonyl (C=O) groups excluding carboxylic acids is 3. The number of urea groups is 1. The Labute approximate surface area is 145 Å². The van der Waals surface area contributed by atoms with Gasteiger partial charge in [0, 0.05) is 4.88 Å². The Morgan fingerprint density at radius 1 is 1.36 bits per heavy atom. The number of aryl methyl sites for hydroxylation is 1. The Morgan fingerprint density at radius 3 is 2.76 bits per heavy atom. The van der Waals surface area contributed by atoms with Crippen molar-refractivity contribution in [2.75, 3.05) is 13.2 Å². The smallest absolute Gasteiger partial charge is 0.405 e. The first-order valence-corrected chi connectivity index (χ1v) is 8.39. The van der Waals surface area contributed by atoms with Crippen LogP contribution in [0.3, 0.4) is 0 Å². The van der Waals surface area contributed by atoms with E-state index in [1.165, 1.54) is 16.7 Å². The molecule has 10 heteroatoms. The predicted molar refractivity (Wildman–Crippen MR) is 83.4 cm³/mol. The van der Waals surface area contributed by atoms with Gasteiger partial charge >= 0.3 is 18.2 Å². The van der Waals surface area contributed by atoms with Gasteiger partial charge in [-0.15, -0.1) is 11.3 Å². The Bertz CT molecular complexity index is 672. The number of esters is 1. The Kier molecular flexibility index (Phi) is 6.04. The molecule has 0 saturated carbocycles. The van der Waals surface area contributed by atoms with Crippen LogP contribution in [0, 0.1) is 5.92 Å². The molecule has 138 valence electrons. The number of ether oxygens (including phenoxy) is 1. The van der Waals surface area contributed by atoms with Crippen molar-refractivity contribution in [1.29, 1.82) is 0 Å². The van der Waals surface area contributed by atoms with Crippen LogP contribution in [-0.2, 0) is 22.4 Å². The molecule has 0 radical (unpaired) electrons. The number of amides is 3. The van der Waals surface area contributed by atoms with Crippen molar-refractivity contribution < 1.29 is 32.3 Å². The first-order valence-electron chi connectivity index (χ1n) is 7.57. The number of imide groups is 1. The number of fused-ring (bicyclic) bond motifs is 1. The lowest BCUT2D eigenvalue weighted by atomic mass is 9.90. The second-order valence-corrected chi connectivity index (χ2v) is 6.97. The van der Waals surface area contributed by atoms with E-state index in [4.69, 9.17) is 4.74 Å². The monoisotopic (exact) mass is 378 g/mol. The number of hydrogen-bond donors (Lipinski definition) is 2. The minimum atomic E-state index is -4.58. The molecule has 1 aliphatic rings. The van der Waals surface area contributed by atoms with Crippen LogP contribution in [-0.4, -0.2) is 37.2 Å². The van der Waals surface area contributed by atoms with Gasteiger partial charge in [-0.3, -0.25) is 10.1 Å². The summed E-state index contributed by atoms with van der Waals surface area (Å²) in [7, 11) is 0. The molecule has 1 aromatic heterocycles. The van der Waals surface area contributed by atoms with E-state index in [0.717, 1.165) is 29.7 Å². The molecule has 0 bridgehead atoms. The molecule has 0 spiro atoms. The maximum atomic E-state index is 12.0. The van der Waals surface area contributed by atoms with Crippen molar-refractivity contribution >= 4 is 29.2 Å². The molecule has 3 amide bonds. The highest BCUT2D eigenvalue weighted by atomic mass is 32.1. The summed E-state index contributed by atoms with van der Waals surface area (Å²) in [6.07, 6.45) is -1.74. The molecule has 25 heavy (non-hydrogen) atoms. The third kappa shape index (κ3) is 6.04. The summed E-state index contributed by atoms with van der Waals surface area (Å²) in [6.45, 7) is -0.185. The number of rotatable bonds is 4. The molecule has 2 rings (SSSR count). The topological polar surface area (TPSA) is 84.5 Å². The Balaban J connectivity index is 1.78. The van der Waals surface area contributed by atoms with E-state index in [9.17, 15) is 27.6 Å². The number of halogens is 3. The van der Waals surface area contributed by atoms with Crippen LogP contribution >= 0.6 is 11.3 Å². The molecule has 0 saturated heterocycles.